The quantitative estimate of drug-likeness (QED) is 0.454. The van der Waals surface area contributed by atoms with E-state index in [9.17, 15) is 21.6 Å². The van der Waals surface area contributed by atoms with Gasteiger partial charge in [-0.25, -0.2) is 22.0 Å². The smallest absolute Gasteiger partial charge is 0.239 e. The number of sulfone groups is 1. The molecule has 1 saturated carbocycles. The number of benzene rings is 2. The van der Waals surface area contributed by atoms with Crippen molar-refractivity contribution in [3.8, 4) is 17.6 Å². The summed E-state index contributed by atoms with van der Waals surface area (Å²) in [4.78, 5) is 11.9. The fourth-order valence-electron chi connectivity index (χ4n) is 3.85. The molecule has 0 atom stereocenters. The number of carbonyl (C=O) groups excluding carboxylic acids is 1. The average Bonchev–Trinajstić information content (AvgIpc) is 2.77. The molecule has 1 aliphatic carbocycles. The van der Waals surface area contributed by atoms with E-state index in [0.29, 0.717) is 17.2 Å². The molecule has 7 nitrogen and oxygen atoms in total. The third-order valence-electron chi connectivity index (χ3n) is 5.49. The lowest BCUT2D eigenvalue weighted by Gasteiger charge is -2.16. The highest BCUT2D eigenvalue weighted by Gasteiger charge is 2.27. The number of carbonyl (C=O) groups is 1. The number of Topliss-reactive ketones (excluding diaryl/α,β-unsaturated/α-hetero) is 1. The number of ketones is 1. The van der Waals surface area contributed by atoms with E-state index in [0.717, 1.165) is 25.0 Å². The fourth-order valence-corrected chi connectivity index (χ4v) is 6.53. The van der Waals surface area contributed by atoms with Gasteiger partial charge in [-0.05, 0) is 57.0 Å². The Balaban J connectivity index is 1.90. The summed E-state index contributed by atoms with van der Waals surface area (Å²) in [5.74, 6) is 5.62. The fraction of sp³-hybridized carbons (Fsp3) is 0.400. The molecule has 3 rings (SSSR count). The van der Waals surface area contributed by atoms with Gasteiger partial charge >= 0.3 is 0 Å². The first kappa shape index (κ1) is 25.9. The Kier molecular flexibility index (Phi) is 8.18. The lowest BCUT2D eigenvalue weighted by molar-refractivity contribution is 0.102. The molecule has 0 radical (unpaired) electrons. The standard InChI is InChI=1S/C25H29NO6S2/c1-18(2)32-23-16-21(15-14-20(23)13-12-19-8-4-3-5-9-19)22(27)17-33(28,29)24-10-6-7-11-25(24)34(26,30)31/h6-7,10-11,14-16,18-19H,3-5,8-9,17H2,1-2H3,(H2,26,30,31). The van der Waals surface area contributed by atoms with Gasteiger partial charge in [0.25, 0.3) is 0 Å². The van der Waals surface area contributed by atoms with E-state index in [4.69, 9.17) is 9.88 Å². The summed E-state index contributed by atoms with van der Waals surface area (Å²) < 4.78 is 55.3. The maximum absolute atomic E-state index is 12.9. The van der Waals surface area contributed by atoms with E-state index in [-0.39, 0.29) is 11.7 Å². The Hall–Kier alpha value is -2.67. The van der Waals surface area contributed by atoms with Crippen LogP contribution in [0.2, 0.25) is 0 Å². The maximum Gasteiger partial charge on any atom is 0.239 e. The van der Waals surface area contributed by atoms with Crippen LogP contribution in [-0.2, 0) is 19.9 Å². The van der Waals surface area contributed by atoms with Crippen LogP contribution in [0.15, 0.2) is 52.3 Å². The zero-order chi connectivity index (χ0) is 24.9. The van der Waals surface area contributed by atoms with Crippen LogP contribution in [0.4, 0.5) is 0 Å². The largest absolute Gasteiger partial charge is 0.490 e. The molecule has 1 fully saturated rings. The molecule has 182 valence electrons. The van der Waals surface area contributed by atoms with Crippen molar-refractivity contribution < 1.29 is 26.4 Å². The van der Waals surface area contributed by atoms with Gasteiger partial charge in [0.05, 0.1) is 16.6 Å². The lowest BCUT2D eigenvalue weighted by atomic mass is 9.89. The molecule has 34 heavy (non-hydrogen) atoms. The topological polar surface area (TPSA) is 121 Å². The highest BCUT2D eigenvalue weighted by molar-refractivity contribution is 7.94. The van der Waals surface area contributed by atoms with E-state index in [1.807, 2.05) is 13.8 Å². The van der Waals surface area contributed by atoms with Gasteiger partial charge in [0.15, 0.2) is 15.6 Å². The maximum atomic E-state index is 12.9. The predicted octanol–water partition coefficient (Wildman–Crippen LogP) is 3.71. The first-order chi connectivity index (χ1) is 16.0. The minimum absolute atomic E-state index is 0.135. The van der Waals surface area contributed by atoms with Gasteiger partial charge in [-0.2, -0.15) is 0 Å². The van der Waals surface area contributed by atoms with E-state index >= 15 is 0 Å². The minimum atomic E-state index is -4.28. The van der Waals surface area contributed by atoms with Gasteiger partial charge < -0.3 is 4.74 Å². The van der Waals surface area contributed by atoms with Crippen molar-refractivity contribution in [3.05, 3.63) is 53.6 Å². The van der Waals surface area contributed by atoms with Crippen molar-refractivity contribution in [2.24, 2.45) is 11.1 Å². The Morgan fingerprint density at radius 2 is 1.68 bits per heavy atom. The van der Waals surface area contributed by atoms with Crippen LogP contribution >= 0.6 is 0 Å². The van der Waals surface area contributed by atoms with Gasteiger partial charge in [-0.3, -0.25) is 4.79 Å². The number of hydrogen-bond donors (Lipinski definition) is 1. The van der Waals surface area contributed by atoms with E-state index in [2.05, 4.69) is 11.8 Å². The summed E-state index contributed by atoms with van der Waals surface area (Å²) in [6, 6.07) is 9.63. The Morgan fingerprint density at radius 3 is 2.29 bits per heavy atom. The van der Waals surface area contributed by atoms with Gasteiger partial charge in [-0.1, -0.05) is 43.2 Å². The first-order valence-electron chi connectivity index (χ1n) is 11.2. The van der Waals surface area contributed by atoms with E-state index < -0.39 is 41.2 Å². The zero-order valence-electron chi connectivity index (χ0n) is 19.3. The molecule has 0 aromatic heterocycles. The number of sulfonamides is 1. The predicted molar refractivity (Wildman–Crippen MR) is 130 cm³/mol. The molecule has 0 unspecified atom stereocenters. The molecule has 0 spiro atoms. The van der Waals surface area contributed by atoms with Crippen molar-refractivity contribution in [2.45, 2.75) is 61.8 Å². The molecule has 1 aliphatic rings. The summed E-state index contributed by atoms with van der Waals surface area (Å²) in [6.07, 6.45) is 5.55. The van der Waals surface area contributed by atoms with Crippen LogP contribution in [-0.4, -0.2) is 34.5 Å². The van der Waals surface area contributed by atoms with Crippen LogP contribution in [0.3, 0.4) is 0 Å². The highest BCUT2D eigenvalue weighted by Crippen LogP contribution is 2.26. The second-order valence-corrected chi connectivity index (χ2v) is 12.1. The van der Waals surface area contributed by atoms with Gasteiger partial charge in [0.2, 0.25) is 10.0 Å². The first-order valence-corrected chi connectivity index (χ1v) is 14.4. The molecule has 2 N–H and O–H groups in total. The van der Waals surface area contributed by atoms with Crippen LogP contribution in [0.5, 0.6) is 5.75 Å². The lowest BCUT2D eigenvalue weighted by Crippen LogP contribution is -2.21. The monoisotopic (exact) mass is 503 g/mol. The number of rotatable bonds is 7. The van der Waals surface area contributed by atoms with Crippen LogP contribution in [0, 0.1) is 17.8 Å². The normalized spacial score (nSPS) is 14.9. The molecule has 2 aromatic carbocycles. The highest BCUT2D eigenvalue weighted by atomic mass is 32.2. The molecular formula is C25H29NO6S2. The third-order valence-corrected chi connectivity index (χ3v) is 8.26. The number of nitrogens with two attached hydrogens (primary N) is 1. The molecule has 0 bridgehead atoms. The molecule has 0 saturated heterocycles. The van der Waals surface area contributed by atoms with Crippen LogP contribution in [0.25, 0.3) is 0 Å². The zero-order valence-corrected chi connectivity index (χ0v) is 20.9. The molecular weight excluding hydrogens is 474 g/mol. The van der Waals surface area contributed by atoms with Gasteiger partial charge in [0.1, 0.15) is 16.4 Å². The summed E-state index contributed by atoms with van der Waals surface area (Å²) in [5, 5.41) is 5.15. The van der Waals surface area contributed by atoms with Crippen molar-refractivity contribution in [1.29, 1.82) is 0 Å². The van der Waals surface area contributed by atoms with Crippen molar-refractivity contribution in [1.82, 2.24) is 0 Å². The second kappa shape index (κ2) is 10.7. The van der Waals surface area contributed by atoms with Crippen molar-refractivity contribution in [3.63, 3.8) is 0 Å². The Morgan fingerprint density at radius 1 is 1.03 bits per heavy atom. The molecule has 2 aromatic rings. The van der Waals surface area contributed by atoms with E-state index in [1.165, 1.54) is 43.5 Å². The van der Waals surface area contributed by atoms with Gasteiger partial charge in [-0.15, -0.1) is 0 Å². The number of ether oxygens (including phenoxy) is 1. The Labute approximate surface area is 201 Å². The summed E-state index contributed by atoms with van der Waals surface area (Å²) in [7, 11) is -8.55. The Bertz CT molecular complexity index is 1330. The van der Waals surface area contributed by atoms with E-state index in [1.54, 1.807) is 6.07 Å². The average molecular weight is 504 g/mol. The van der Waals surface area contributed by atoms with Crippen molar-refractivity contribution >= 4 is 25.6 Å². The molecule has 0 amide bonds. The summed E-state index contributed by atoms with van der Waals surface area (Å²) >= 11 is 0. The van der Waals surface area contributed by atoms with Gasteiger partial charge in [0, 0.05) is 11.5 Å². The molecule has 9 heteroatoms. The summed E-state index contributed by atoms with van der Waals surface area (Å²) in [6.45, 7) is 3.70. The van der Waals surface area contributed by atoms with Crippen molar-refractivity contribution in [2.75, 3.05) is 5.75 Å². The number of hydrogen-bond acceptors (Lipinski definition) is 6. The van der Waals surface area contributed by atoms with Crippen LogP contribution in [0.1, 0.15) is 61.9 Å². The molecule has 0 aliphatic heterocycles. The summed E-state index contributed by atoms with van der Waals surface area (Å²) in [5.41, 5.74) is 0.772. The minimum Gasteiger partial charge on any atom is -0.490 e. The third kappa shape index (κ3) is 6.69. The van der Waals surface area contributed by atoms with Crippen LogP contribution < -0.4 is 9.88 Å². The second-order valence-electron chi connectivity index (χ2n) is 8.66. The SMILES string of the molecule is CC(C)Oc1cc(C(=O)CS(=O)(=O)c2ccccc2S(N)(=O)=O)ccc1C#CC1CCCCC1. The number of primary sulfonamides is 1. The molecule has 0 heterocycles.